The lowest BCUT2D eigenvalue weighted by atomic mass is 10.2. The summed E-state index contributed by atoms with van der Waals surface area (Å²) in [4.78, 5) is 22.3. The van der Waals surface area contributed by atoms with E-state index in [9.17, 15) is 9.59 Å². The van der Waals surface area contributed by atoms with Crippen LogP contribution in [-0.4, -0.2) is 43.2 Å². The van der Waals surface area contributed by atoms with E-state index in [-0.39, 0.29) is 0 Å². The molecule has 0 aromatic heterocycles. The molecule has 0 aliphatic rings. The lowest BCUT2D eigenvalue weighted by molar-refractivity contribution is -0.139. The third-order valence-corrected chi connectivity index (χ3v) is 4.57. The highest BCUT2D eigenvalue weighted by molar-refractivity contribution is 9.09. The van der Waals surface area contributed by atoms with Gasteiger partial charge in [0.05, 0.1) is 6.61 Å². The summed E-state index contributed by atoms with van der Waals surface area (Å²) in [6.45, 7) is 6.91. The van der Waals surface area contributed by atoms with E-state index >= 15 is 0 Å². The molecule has 2 N–H and O–H groups in total. The molecule has 0 unspecified atom stereocenters. The van der Waals surface area contributed by atoms with Crippen molar-refractivity contribution in [3.8, 4) is 0 Å². The largest absolute Gasteiger partial charge is 0.480 e. The fourth-order valence-electron chi connectivity index (χ4n) is 1.17. The number of amides is 1. The van der Waals surface area contributed by atoms with Crippen molar-refractivity contribution < 1.29 is 19.4 Å². The Morgan fingerprint density at radius 3 is 2.44 bits per heavy atom. The Bertz CT molecular complexity index is 281. The molecule has 0 heterocycles. The fourth-order valence-corrected chi connectivity index (χ4v) is 2.21. The number of carbonyl (C=O) groups excluding carboxylic acids is 1. The Hall–Kier alpha value is -0.563. The van der Waals surface area contributed by atoms with Crippen LogP contribution in [-0.2, 0) is 9.53 Å². The molecule has 0 aliphatic heterocycles. The molecule has 1 amide bonds. The van der Waals surface area contributed by atoms with Crippen LogP contribution in [0.2, 0.25) is 25.7 Å². The van der Waals surface area contributed by atoms with Crippen molar-refractivity contribution in [1.82, 2.24) is 5.32 Å². The van der Waals surface area contributed by atoms with Crippen molar-refractivity contribution >= 4 is 36.1 Å². The molecular formula is C11H22BrNO4Si. The Labute approximate surface area is 117 Å². The zero-order valence-corrected chi connectivity index (χ0v) is 13.7. The van der Waals surface area contributed by atoms with Gasteiger partial charge in [-0.1, -0.05) is 35.6 Å². The second kappa shape index (κ2) is 8.52. The van der Waals surface area contributed by atoms with Crippen molar-refractivity contribution in [3.05, 3.63) is 0 Å². The Morgan fingerprint density at radius 1 is 1.39 bits per heavy atom. The van der Waals surface area contributed by atoms with Gasteiger partial charge in [-0.25, -0.2) is 9.59 Å². The summed E-state index contributed by atoms with van der Waals surface area (Å²) < 4.78 is 4.99. The van der Waals surface area contributed by atoms with Crippen LogP contribution in [0.15, 0.2) is 0 Å². The number of alkyl carbamates (subject to hydrolysis) is 1. The van der Waals surface area contributed by atoms with Crippen LogP contribution in [0.1, 0.15) is 12.8 Å². The fraction of sp³-hybridized carbons (Fsp3) is 0.818. The van der Waals surface area contributed by atoms with E-state index in [1.807, 2.05) is 0 Å². The van der Waals surface area contributed by atoms with Crippen LogP contribution in [0.4, 0.5) is 4.79 Å². The van der Waals surface area contributed by atoms with Gasteiger partial charge in [0.25, 0.3) is 0 Å². The van der Waals surface area contributed by atoms with Gasteiger partial charge in [-0.2, -0.15) is 0 Å². The predicted molar refractivity (Wildman–Crippen MR) is 77.1 cm³/mol. The minimum Gasteiger partial charge on any atom is -0.480 e. The van der Waals surface area contributed by atoms with Crippen LogP contribution < -0.4 is 5.32 Å². The van der Waals surface area contributed by atoms with Gasteiger partial charge in [0.1, 0.15) is 6.04 Å². The molecule has 0 saturated heterocycles. The zero-order chi connectivity index (χ0) is 14.2. The summed E-state index contributed by atoms with van der Waals surface area (Å²) in [5.74, 6) is -1.03. The Morgan fingerprint density at radius 2 is 2.00 bits per heavy atom. The first-order chi connectivity index (χ1) is 8.26. The van der Waals surface area contributed by atoms with E-state index in [1.165, 1.54) is 0 Å². The van der Waals surface area contributed by atoms with Gasteiger partial charge in [0.2, 0.25) is 0 Å². The van der Waals surface area contributed by atoms with Gasteiger partial charge >= 0.3 is 12.1 Å². The number of carboxylic acid groups (broad SMARTS) is 1. The van der Waals surface area contributed by atoms with Crippen molar-refractivity contribution in [2.24, 2.45) is 0 Å². The van der Waals surface area contributed by atoms with E-state index in [4.69, 9.17) is 9.84 Å². The smallest absolute Gasteiger partial charge is 0.407 e. The first kappa shape index (κ1) is 17.4. The summed E-state index contributed by atoms with van der Waals surface area (Å²) in [5, 5.41) is 12.0. The third-order valence-electron chi connectivity index (χ3n) is 2.30. The van der Waals surface area contributed by atoms with Gasteiger partial charge in [-0.05, 0) is 18.9 Å². The number of halogens is 1. The highest BCUT2D eigenvalue weighted by Gasteiger charge is 2.20. The van der Waals surface area contributed by atoms with E-state index in [0.717, 1.165) is 6.04 Å². The molecule has 0 fully saturated rings. The molecule has 0 aromatic carbocycles. The molecule has 1 atom stereocenters. The Kier molecular flexibility index (Phi) is 8.26. The highest BCUT2D eigenvalue weighted by Crippen LogP contribution is 2.08. The highest BCUT2D eigenvalue weighted by atomic mass is 79.9. The maximum absolute atomic E-state index is 11.4. The van der Waals surface area contributed by atoms with Crippen molar-refractivity contribution in [2.45, 2.75) is 44.6 Å². The normalized spacial score (nSPS) is 12.9. The number of carbonyl (C=O) groups is 2. The molecule has 0 spiro atoms. The molecule has 106 valence electrons. The minimum absolute atomic E-state index is 0.354. The maximum atomic E-state index is 11.4. The van der Waals surface area contributed by atoms with E-state index in [1.54, 1.807) is 0 Å². The molecule has 0 rings (SSSR count). The van der Waals surface area contributed by atoms with E-state index in [0.29, 0.717) is 24.8 Å². The number of ether oxygens (including phenoxy) is 1. The summed E-state index contributed by atoms with van der Waals surface area (Å²) >= 11 is 3.22. The van der Waals surface area contributed by atoms with Crippen LogP contribution in [0.3, 0.4) is 0 Å². The lowest BCUT2D eigenvalue weighted by Crippen LogP contribution is -2.41. The number of nitrogens with one attached hydrogen (secondary N) is 1. The topological polar surface area (TPSA) is 75.6 Å². The van der Waals surface area contributed by atoms with Crippen molar-refractivity contribution in [1.29, 1.82) is 0 Å². The number of hydrogen-bond acceptors (Lipinski definition) is 3. The summed E-state index contributed by atoms with van der Waals surface area (Å²) in [6.07, 6.45) is 0.436. The molecule has 0 aromatic rings. The Balaban J connectivity index is 3.99. The SMILES string of the molecule is C[Si](C)(C)CCOC(=O)N[C@@H](CCCBr)C(=O)O. The molecule has 18 heavy (non-hydrogen) atoms. The molecule has 0 aliphatic carbocycles. The first-order valence-electron chi connectivity index (χ1n) is 5.98. The third kappa shape index (κ3) is 9.47. The second-order valence-electron chi connectivity index (χ2n) is 5.31. The quantitative estimate of drug-likeness (QED) is 0.526. The summed E-state index contributed by atoms with van der Waals surface area (Å²) in [5.41, 5.74) is 0. The second-order valence-corrected chi connectivity index (χ2v) is 11.7. The number of rotatable bonds is 8. The lowest BCUT2D eigenvalue weighted by Gasteiger charge is -2.17. The van der Waals surface area contributed by atoms with Crippen molar-refractivity contribution in [2.75, 3.05) is 11.9 Å². The predicted octanol–water partition coefficient (Wildman–Crippen LogP) is 2.68. The minimum atomic E-state index is -1.23. The average Bonchev–Trinajstić information content (AvgIpc) is 2.21. The number of aliphatic carboxylic acids is 1. The van der Waals surface area contributed by atoms with E-state index in [2.05, 4.69) is 40.9 Å². The molecule has 5 nitrogen and oxygen atoms in total. The van der Waals surface area contributed by atoms with E-state index < -0.39 is 26.2 Å². The van der Waals surface area contributed by atoms with Gasteiger partial charge in [-0.3, -0.25) is 0 Å². The zero-order valence-electron chi connectivity index (χ0n) is 11.2. The number of carboxylic acids is 1. The summed E-state index contributed by atoms with van der Waals surface area (Å²) in [6, 6.07) is 0.00135. The van der Waals surface area contributed by atoms with Gasteiger partial charge in [0, 0.05) is 13.4 Å². The van der Waals surface area contributed by atoms with Crippen LogP contribution in [0, 0.1) is 0 Å². The van der Waals surface area contributed by atoms with Gasteiger partial charge < -0.3 is 15.2 Å². The molecule has 0 saturated carbocycles. The summed E-state index contributed by atoms with van der Waals surface area (Å²) in [7, 11) is -1.23. The van der Waals surface area contributed by atoms with Crippen LogP contribution in [0.25, 0.3) is 0 Å². The number of alkyl halides is 1. The molecule has 0 bridgehead atoms. The number of hydrogen-bond donors (Lipinski definition) is 2. The molecule has 7 heteroatoms. The molecule has 0 radical (unpaired) electrons. The van der Waals surface area contributed by atoms with Gasteiger partial charge in [-0.15, -0.1) is 0 Å². The average molecular weight is 340 g/mol. The van der Waals surface area contributed by atoms with Crippen molar-refractivity contribution in [3.63, 3.8) is 0 Å². The monoisotopic (exact) mass is 339 g/mol. The molecular weight excluding hydrogens is 318 g/mol. The van der Waals surface area contributed by atoms with Crippen LogP contribution in [0.5, 0.6) is 0 Å². The first-order valence-corrected chi connectivity index (χ1v) is 10.8. The standard InChI is InChI=1S/C11H22BrNO4Si/c1-18(2,3)8-7-17-11(16)13-9(10(14)15)5-4-6-12/h9H,4-8H2,1-3H3,(H,13,16)(H,14,15)/t9-/m0/s1. The van der Waals surface area contributed by atoms with Crippen LogP contribution >= 0.6 is 15.9 Å². The maximum Gasteiger partial charge on any atom is 0.407 e. The van der Waals surface area contributed by atoms with Gasteiger partial charge in [0.15, 0.2) is 0 Å².